The Balaban J connectivity index is 0.000000355. The van der Waals surface area contributed by atoms with Gasteiger partial charge in [0.1, 0.15) is 0 Å². The summed E-state index contributed by atoms with van der Waals surface area (Å²) in [5.74, 6) is -1.06. The fourth-order valence-electron chi connectivity index (χ4n) is 4.92. The second-order valence-electron chi connectivity index (χ2n) is 9.01. The Morgan fingerprint density at radius 3 is 2.65 bits per heavy atom. The number of aromatic nitrogens is 1. The first-order valence-electron chi connectivity index (χ1n) is 11.4. The van der Waals surface area contributed by atoms with E-state index in [1.807, 2.05) is 46.1 Å². The number of carbonyl (C=O) groups excluding carboxylic acids is 1. The van der Waals surface area contributed by atoms with E-state index in [0.29, 0.717) is 13.3 Å². The van der Waals surface area contributed by atoms with Gasteiger partial charge in [-0.05, 0) is 54.2 Å². The molecule has 1 atom stereocenters. The van der Waals surface area contributed by atoms with Gasteiger partial charge in [0.2, 0.25) is 6.79 Å². The number of thiophene rings is 1. The summed E-state index contributed by atoms with van der Waals surface area (Å²) in [6.45, 7) is 3.69. The van der Waals surface area contributed by atoms with Crippen LogP contribution in [0.25, 0.3) is 0 Å². The normalized spacial score (nSPS) is 20.0. The number of rotatable bonds is 3. The summed E-state index contributed by atoms with van der Waals surface area (Å²) in [6, 6.07) is 12.0. The van der Waals surface area contributed by atoms with Crippen LogP contribution in [-0.4, -0.2) is 59.5 Å². The van der Waals surface area contributed by atoms with Gasteiger partial charge in [-0.25, -0.2) is 4.79 Å². The Bertz CT molecular complexity index is 1320. The van der Waals surface area contributed by atoms with Gasteiger partial charge in [0.15, 0.2) is 11.5 Å². The first kappa shape index (κ1) is 25.0. The van der Waals surface area contributed by atoms with E-state index in [-0.39, 0.29) is 11.3 Å². The minimum atomic E-state index is -5.08. The van der Waals surface area contributed by atoms with Gasteiger partial charge >= 0.3 is 12.1 Å². The molecule has 0 aliphatic carbocycles. The summed E-state index contributed by atoms with van der Waals surface area (Å²) in [5, 5.41) is 11.0. The van der Waals surface area contributed by atoms with E-state index in [4.69, 9.17) is 24.4 Å². The van der Waals surface area contributed by atoms with Gasteiger partial charge in [-0.15, -0.1) is 0 Å². The van der Waals surface area contributed by atoms with Gasteiger partial charge in [-0.3, -0.25) is 14.7 Å². The van der Waals surface area contributed by atoms with Crippen molar-refractivity contribution in [3.8, 4) is 11.5 Å². The number of likely N-dealkylation sites (tertiary alicyclic amines) is 1. The molecule has 8 nitrogen and oxygen atoms in total. The van der Waals surface area contributed by atoms with E-state index in [1.54, 1.807) is 11.3 Å². The van der Waals surface area contributed by atoms with Crippen molar-refractivity contribution in [2.45, 2.75) is 24.6 Å². The SMILES string of the molecule is O=C(O)C(F)(F)F.O=C(c1ccsc1)N1CC2(CCN(Cc3ccc4c(c3)OCO4)C2)c2ncccc21. The molecule has 37 heavy (non-hydrogen) atoms. The third-order valence-corrected chi connectivity index (χ3v) is 7.26. The van der Waals surface area contributed by atoms with Gasteiger partial charge in [0.05, 0.1) is 16.9 Å². The van der Waals surface area contributed by atoms with Gasteiger partial charge in [-0.2, -0.15) is 24.5 Å². The van der Waals surface area contributed by atoms with Gasteiger partial charge in [-0.1, -0.05) is 6.07 Å². The highest BCUT2D eigenvalue weighted by Gasteiger charge is 2.50. The molecule has 194 valence electrons. The molecule has 1 saturated heterocycles. The summed E-state index contributed by atoms with van der Waals surface area (Å²) < 4.78 is 42.7. The number of carboxylic acids is 1. The summed E-state index contributed by atoms with van der Waals surface area (Å²) in [5.41, 5.74) is 3.86. The van der Waals surface area contributed by atoms with Crippen LogP contribution in [0.3, 0.4) is 0 Å². The zero-order valence-electron chi connectivity index (χ0n) is 19.4. The number of carbonyl (C=O) groups is 2. The molecule has 2 aromatic heterocycles. The zero-order valence-corrected chi connectivity index (χ0v) is 20.2. The Labute approximate surface area is 213 Å². The third kappa shape index (κ3) is 4.98. The molecule has 3 aliphatic heterocycles. The number of alkyl halides is 3. The van der Waals surface area contributed by atoms with Crippen LogP contribution < -0.4 is 14.4 Å². The van der Waals surface area contributed by atoms with Crippen molar-refractivity contribution in [3.63, 3.8) is 0 Å². The van der Waals surface area contributed by atoms with E-state index >= 15 is 0 Å². The highest BCUT2D eigenvalue weighted by molar-refractivity contribution is 7.08. The molecule has 1 spiro atoms. The molecule has 1 aromatic carbocycles. The van der Waals surface area contributed by atoms with Crippen molar-refractivity contribution in [1.29, 1.82) is 0 Å². The standard InChI is InChI=1S/C23H21N3O3S.C2HF3O2/c27-22(17-5-9-30-12-17)26-14-23(21-18(26)2-1-7-24-21)6-8-25(13-23)11-16-3-4-19-20(10-16)29-15-28-19;3-2(4,5)1(6)7/h1-5,7,9-10,12H,6,8,11,13-15H2;(H,6,7). The quantitative estimate of drug-likeness (QED) is 0.537. The number of halogens is 3. The van der Waals surface area contributed by atoms with Crippen LogP contribution in [0.1, 0.15) is 28.0 Å². The molecule has 0 radical (unpaired) electrons. The van der Waals surface area contributed by atoms with Crippen molar-refractivity contribution < 1.29 is 37.3 Å². The summed E-state index contributed by atoms with van der Waals surface area (Å²) in [7, 11) is 0. The Hall–Kier alpha value is -3.64. The molecule has 5 heterocycles. The maximum Gasteiger partial charge on any atom is 0.490 e. The average molecular weight is 534 g/mol. The largest absolute Gasteiger partial charge is 0.490 e. The second-order valence-corrected chi connectivity index (χ2v) is 9.79. The van der Waals surface area contributed by atoms with E-state index in [9.17, 15) is 18.0 Å². The van der Waals surface area contributed by atoms with Gasteiger partial charge < -0.3 is 19.5 Å². The van der Waals surface area contributed by atoms with Crippen molar-refractivity contribution in [1.82, 2.24) is 9.88 Å². The number of ether oxygens (including phenoxy) is 2. The number of hydrogen-bond donors (Lipinski definition) is 1. The Morgan fingerprint density at radius 2 is 1.92 bits per heavy atom. The number of benzene rings is 1. The van der Waals surface area contributed by atoms with E-state index in [0.717, 1.165) is 54.5 Å². The highest BCUT2D eigenvalue weighted by Crippen LogP contribution is 2.46. The average Bonchev–Trinajstić information content (AvgIpc) is 3.67. The second kappa shape index (κ2) is 9.67. The summed E-state index contributed by atoms with van der Waals surface area (Å²) in [6.07, 6.45) is -2.24. The molecule has 12 heteroatoms. The smallest absolute Gasteiger partial charge is 0.475 e. The maximum absolute atomic E-state index is 13.2. The first-order chi connectivity index (χ1) is 17.7. The first-order valence-corrected chi connectivity index (χ1v) is 12.3. The predicted molar refractivity (Wildman–Crippen MR) is 128 cm³/mol. The van der Waals surface area contributed by atoms with Crippen molar-refractivity contribution >= 4 is 28.9 Å². The topological polar surface area (TPSA) is 92.2 Å². The number of anilines is 1. The lowest BCUT2D eigenvalue weighted by molar-refractivity contribution is -0.192. The van der Waals surface area contributed by atoms with Crippen molar-refractivity contribution in [2.75, 3.05) is 31.3 Å². The molecule has 0 saturated carbocycles. The highest BCUT2D eigenvalue weighted by atomic mass is 32.1. The van der Waals surface area contributed by atoms with Crippen molar-refractivity contribution in [3.05, 3.63) is 70.2 Å². The number of carboxylic acid groups (broad SMARTS) is 1. The lowest BCUT2D eigenvalue weighted by Gasteiger charge is -2.25. The van der Waals surface area contributed by atoms with Crippen LogP contribution in [0.15, 0.2) is 53.4 Å². The summed E-state index contributed by atoms with van der Waals surface area (Å²) in [4.78, 5) is 31.2. The van der Waals surface area contributed by atoms with Crippen molar-refractivity contribution in [2.24, 2.45) is 0 Å². The Kier molecular flexibility index (Phi) is 6.54. The number of fused-ring (bicyclic) bond motifs is 3. The molecule has 3 aromatic rings. The monoisotopic (exact) mass is 533 g/mol. The third-order valence-electron chi connectivity index (χ3n) is 6.57. The molecular weight excluding hydrogens is 511 g/mol. The lowest BCUT2D eigenvalue weighted by atomic mass is 9.85. The fourth-order valence-corrected chi connectivity index (χ4v) is 5.55. The van der Waals surface area contributed by atoms with Crippen LogP contribution in [0.2, 0.25) is 0 Å². The van der Waals surface area contributed by atoms with Gasteiger partial charge in [0.25, 0.3) is 5.91 Å². The number of amides is 1. The maximum atomic E-state index is 13.2. The molecule has 3 aliphatic rings. The molecule has 1 amide bonds. The van der Waals surface area contributed by atoms with E-state index in [2.05, 4.69) is 17.0 Å². The summed E-state index contributed by atoms with van der Waals surface area (Å²) >= 11 is 1.55. The van der Waals surface area contributed by atoms with Crippen LogP contribution in [-0.2, 0) is 16.8 Å². The Morgan fingerprint density at radius 1 is 1.14 bits per heavy atom. The molecule has 6 rings (SSSR count). The molecule has 1 unspecified atom stereocenters. The molecule has 1 N–H and O–H groups in total. The van der Waals surface area contributed by atoms with Crippen LogP contribution in [0, 0.1) is 0 Å². The zero-order chi connectivity index (χ0) is 26.2. The predicted octanol–water partition coefficient (Wildman–Crippen LogP) is 4.31. The molecular formula is C25H22F3N3O5S. The number of pyridine rings is 1. The number of aliphatic carboxylic acids is 1. The minimum absolute atomic E-state index is 0.0663. The van der Waals surface area contributed by atoms with Crippen LogP contribution >= 0.6 is 11.3 Å². The molecule has 0 bridgehead atoms. The van der Waals surface area contributed by atoms with Crippen LogP contribution in [0.5, 0.6) is 11.5 Å². The molecule has 1 fully saturated rings. The van der Waals surface area contributed by atoms with Crippen LogP contribution in [0.4, 0.5) is 18.9 Å². The minimum Gasteiger partial charge on any atom is -0.475 e. The van der Waals surface area contributed by atoms with Gasteiger partial charge in [0, 0.05) is 36.6 Å². The fraction of sp³-hybridized carbons (Fsp3) is 0.320. The van der Waals surface area contributed by atoms with E-state index in [1.165, 1.54) is 5.56 Å². The number of hydrogen-bond acceptors (Lipinski definition) is 7. The van der Waals surface area contributed by atoms with E-state index < -0.39 is 12.1 Å². The lowest BCUT2D eigenvalue weighted by Crippen LogP contribution is -2.39. The number of nitrogens with zero attached hydrogens (tertiary/aromatic N) is 3.